The molecule has 1 N–H and O–H groups in total. The minimum Gasteiger partial charge on any atom is -0.394 e. The molecule has 2 aliphatic rings. The average Bonchev–Trinajstić information content (AvgIpc) is 2.82. The number of imide groups is 1. The van der Waals surface area contributed by atoms with E-state index >= 15 is 0 Å². The first-order valence-corrected chi connectivity index (χ1v) is 9.15. The van der Waals surface area contributed by atoms with E-state index in [2.05, 4.69) is 0 Å². The van der Waals surface area contributed by atoms with Crippen LogP contribution in [-0.4, -0.2) is 46.0 Å². The van der Waals surface area contributed by atoms with Gasteiger partial charge in [0.05, 0.1) is 22.5 Å². The lowest BCUT2D eigenvalue weighted by molar-refractivity contribution is -0.141. The number of rotatable bonds is 4. The van der Waals surface area contributed by atoms with Gasteiger partial charge >= 0.3 is 0 Å². The zero-order valence-electron chi connectivity index (χ0n) is 12.2. The van der Waals surface area contributed by atoms with Crippen LogP contribution in [0, 0.1) is 0 Å². The van der Waals surface area contributed by atoms with Gasteiger partial charge in [0, 0.05) is 17.4 Å². The zero-order chi connectivity index (χ0) is 15.7. The Bertz CT molecular complexity index is 602. The van der Waals surface area contributed by atoms with E-state index < -0.39 is 6.04 Å². The summed E-state index contributed by atoms with van der Waals surface area (Å²) in [5.41, 5.74) is 1.01. The molecular weight excluding hydrogens is 318 g/mol. The number of thioether (sulfide) groups is 2. The normalized spacial score (nSPS) is 21.1. The Morgan fingerprint density at radius 3 is 2.14 bits per heavy atom. The Morgan fingerprint density at radius 1 is 1.09 bits per heavy atom. The van der Waals surface area contributed by atoms with E-state index in [1.165, 1.54) is 28.4 Å². The van der Waals surface area contributed by atoms with Crippen LogP contribution in [0.4, 0.5) is 0 Å². The van der Waals surface area contributed by atoms with Gasteiger partial charge in [-0.3, -0.25) is 14.5 Å². The zero-order valence-corrected chi connectivity index (χ0v) is 13.8. The molecule has 2 aliphatic heterocycles. The first-order valence-electron chi connectivity index (χ1n) is 7.18. The number of benzene rings is 1. The van der Waals surface area contributed by atoms with Gasteiger partial charge in [0.15, 0.2) is 0 Å². The molecule has 0 bridgehead atoms. The predicted molar refractivity (Wildman–Crippen MR) is 89.5 cm³/mol. The van der Waals surface area contributed by atoms with Gasteiger partial charge in [-0.1, -0.05) is 37.3 Å². The van der Waals surface area contributed by atoms with E-state index in [0.717, 1.165) is 17.1 Å². The van der Waals surface area contributed by atoms with Crippen molar-refractivity contribution >= 4 is 35.3 Å². The third-order valence-electron chi connectivity index (χ3n) is 4.03. The maximum atomic E-state index is 12.6. The molecule has 0 fully saturated rings. The van der Waals surface area contributed by atoms with E-state index in [-0.39, 0.29) is 24.3 Å². The SMILES string of the molecule is C[C@@H](c1ccccc1)[C@H](CO)N1C(=O)C2=C(SCCS2)C1=O. The molecule has 1 aromatic rings. The molecule has 0 radical (unpaired) electrons. The van der Waals surface area contributed by atoms with E-state index in [9.17, 15) is 14.7 Å². The Hall–Kier alpha value is -1.24. The van der Waals surface area contributed by atoms with Crippen molar-refractivity contribution < 1.29 is 14.7 Å². The van der Waals surface area contributed by atoms with Crippen LogP contribution >= 0.6 is 23.5 Å². The van der Waals surface area contributed by atoms with Gasteiger partial charge in [-0.25, -0.2) is 0 Å². The van der Waals surface area contributed by atoms with Crippen molar-refractivity contribution in [3.8, 4) is 0 Å². The highest BCUT2D eigenvalue weighted by atomic mass is 32.2. The third kappa shape index (κ3) is 2.59. The highest BCUT2D eigenvalue weighted by molar-refractivity contribution is 8.11. The molecule has 22 heavy (non-hydrogen) atoms. The van der Waals surface area contributed by atoms with Crippen molar-refractivity contribution in [2.45, 2.75) is 18.9 Å². The number of carbonyl (C=O) groups excluding carboxylic acids is 2. The van der Waals surface area contributed by atoms with Gasteiger partial charge in [-0.05, 0) is 5.56 Å². The lowest BCUT2D eigenvalue weighted by Crippen LogP contribution is -2.46. The molecule has 2 heterocycles. The summed E-state index contributed by atoms with van der Waals surface area (Å²) in [6, 6.07) is 9.13. The fourth-order valence-electron chi connectivity index (χ4n) is 2.79. The molecule has 0 aliphatic carbocycles. The predicted octanol–water partition coefficient (Wildman–Crippen LogP) is 2.21. The van der Waals surface area contributed by atoms with E-state index in [4.69, 9.17) is 0 Å². The molecule has 2 amide bonds. The summed E-state index contributed by atoms with van der Waals surface area (Å²) in [7, 11) is 0. The molecular formula is C16H17NO3S2. The molecule has 0 spiro atoms. The van der Waals surface area contributed by atoms with Crippen LogP contribution in [0.1, 0.15) is 18.4 Å². The molecule has 0 aromatic heterocycles. The summed E-state index contributed by atoms with van der Waals surface area (Å²) >= 11 is 2.90. The molecule has 0 saturated heterocycles. The van der Waals surface area contributed by atoms with Gasteiger partial charge in [0.25, 0.3) is 11.8 Å². The topological polar surface area (TPSA) is 57.6 Å². The standard InChI is InChI=1S/C16H17NO3S2/c1-10(11-5-3-2-4-6-11)12(9-18)17-15(19)13-14(16(17)20)22-8-7-21-13/h2-6,10,12,18H,7-9H2,1H3/t10-,12-/m0/s1. The van der Waals surface area contributed by atoms with Gasteiger partial charge < -0.3 is 5.11 Å². The van der Waals surface area contributed by atoms with Gasteiger partial charge in [-0.2, -0.15) is 0 Å². The van der Waals surface area contributed by atoms with Gasteiger partial charge in [-0.15, -0.1) is 23.5 Å². The number of aliphatic hydroxyl groups excluding tert-OH is 1. The quantitative estimate of drug-likeness (QED) is 0.855. The molecule has 1 aromatic carbocycles. The Morgan fingerprint density at radius 2 is 1.64 bits per heavy atom. The molecule has 4 nitrogen and oxygen atoms in total. The summed E-state index contributed by atoms with van der Waals surface area (Å²) in [6.45, 7) is 1.71. The minimum absolute atomic E-state index is 0.115. The first-order chi connectivity index (χ1) is 10.6. The van der Waals surface area contributed by atoms with E-state index in [1.54, 1.807) is 0 Å². The highest BCUT2D eigenvalue weighted by Crippen LogP contribution is 2.42. The number of nitrogens with zero attached hydrogens (tertiary/aromatic N) is 1. The molecule has 116 valence electrons. The van der Waals surface area contributed by atoms with Crippen LogP contribution in [0.15, 0.2) is 40.1 Å². The van der Waals surface area contributed by atoms with Crippen molar-refractivity contribution in [1.29, 1.82) is 0 Å². The lowest BCUT2D eigenvalue weighted by Gasteiger charge is -2.30. The number of hydrogen-bond acceptors (Lipinski definition) is 5. The van der Waals surface area contributed by atoms with E-state index in [0.29, 0.717) is 9.81 Å². The van der Waals surface area contributed by atoms with Crippen LogP contribution in [0.25, 0.3) is 0 Å². The lowest BCUT2D eigenvalue weighted by atomic mass is 9.92. The summed E-state index contributed by atoms with van der Waals surface area (Å²) in [6.07, 6.45) is 0. The molecule has 2 atom stereocenters. The second-order valence-electron chi connectivity index (χ2n) is 5.28. The average molecular weight is 335 g/mol. The molecule has 6 heteroatoms. The maximum absolute atomic E-state index is 12.6. The third-order valence-corrected chi connectivity index (χ3v) is 6.57. The number of amides is 2. The second-order valence-corrected chi connectivity index (χ2v) is 7.50. The van der Waals surface area contributed by atoms with Crippen LogP contribution in [-0.2, 0) is 9.59 Å². The van der Waals surface area contributed by atoms with Crippen molar-refractivity contribution in [3.05, 3.63) is 45.7 Å². The van der Waals surface area contributed by atoms with Gasteiger partial charge in [0.1, 0.15) is 0 Å². The maximum Gasteiger partial charge on any atom is 0.268 e. The number of hydrogen-bond donors (Lipinski definition) is 1. The summed E-state index contributed by atoms with van der Waals surface area (Å²) in [4.78, 5) is 27.5. The number of carbonyl (C=O) groups is 2. The molecule has 0 saturated carbocycles. The van der Waals surface area contributed by atoms with Crippen molar-refractivity contribution in [2.75, 3.05) is 18.1 Å². The van der Waals surface area contributed by atoms with Crippen molar-refractivity contribution in [1.82, 2.24) is 4.90 Å². The smallest absolute Gasteiger partial charge is 0.268 e. The van der Waals surface area contributed by atoms with Gasteiger partial charge in [0.2, 0.25) is 0 Å². The summed E-state index contributed by atoms with van der Waals surface area (Å²) < 4.78 is 0. The summed E-state index contributed by atoms with van der Waals surface area (Å²) in [5.74, 6) is 1.07. The fourth-order valence-corrected chi connectivity index (χ4v) is 5.10. The Labute approximate surface area is 138 Å². The molecule has 0 unspecified atom stereocenters. The Balaban J connectivity index is 1.89. The fraction of sp³-hybridized carbons (Fsp3) is 0.375. The highest BCUT2D eigenvalue weighted by Gasteiger charge is 2.45. The van der Waals surface area contributed by atoms with Crippen LogP contribution < -0.4 is 0 Å². The van der Waals surface area contributed by atoms with E-state index in [1.807, 2.05) is 37.3 Å². The minimum atomic E-state index is -0.533. The first kappa shape index (κ1) is 15.6. The monoisotopic (exact) mass is 335 g/mol. The summed E-state index contributed by atoms with van der Waals surface area (Å²) in [5, 5.41) is 9.81. The van der Waals surface area contributed by atoms with Crippen LogP contribution in [0.2, 0.25) is 0 Å². The Kier molecular flexibility index (Phi) is 4.61. The van der Waals surface area contributed by atoms with Crippen LogP contribution in [0.3, 0.4) is 0 Å². The van der Waals surface area contributed by atoms with Crippen molar-refractivity contribution in [3.63, 3.8) is 0 Å². The second kappa shape index (κ2) is 6.48. The molecule has 3 rings (SSSR count). The largest absolute Gasteiger partial charge is 0.394 e. The number of aliphatic hydroxyl groups is 1. The van der Waals surface area contributed by atoms with Crippen LogP contribution in [0.5, 0.6) is 0 Å². The van der Waals surface area contributed by atoms with Crippen molar-refractivity contribution in [2.24, 2.45) is 0 Å².